The van der Waals surface area contributed by atoms with Crippen LogP contribution in [0.5, 0.6) is 0 Å². The molecule has 0 saturated heterocycles. The third-order valence-corrected chi connectivity index (χ3v) is 4.46. The Labute approximate surface area is 124 Å². The first-order valence-corrected chi connectivity index (χ1v) is 7.28. The quantitative estimate of drug-likeness (QED) is 0.919. The van der Waals surface area contributed by atoms with Gasteiger partial charge >= 0.3 is 0 Å². The average molecular weight is 282 g/mol. The lowest BCUT2D eigenvalue weighted by molar-refractivity contribution is 0.0365. The van der Waals surface area contributed by atoms with Crippen LogP contribution in [0.4, 0.5) is 11.4 Å². The van der Waals surface area contributed by atoms with Gasteiger partial charge in [-0.2, -0.15) is 0 Å². The fourth-order valence-corrected chi connectivity index (χ4v) is 3.55. The number of para-hydroxylation sites is 1. The van der Waals surface area contributed by atoms with Crippen molar-refractivity contribution in [1.29, 1.82) is 0 Å². The Morgan fingerprint density at radius 1 is 1.10 bits per heavy atom. The molecule has 1 N–H and O–H groups in total. The predicted octanol–water partition coefficient (Wildman–Crippen LogP) is 2.84. The maximum absolute atomic E-state index is 10.7. The van der Waals surface area contributed by atoms with Gasteiger partial charge in [-0.05, 0) is 30.0 Å². The van der Waals surface area contributed by atoms with Crippen LogP contribution in [0.25, 0.3) is 0 Å². The molecule has 2 aliphatic rings. The monoisotopic (exact) mass is 282 g/mol. The number of aryl methyl sites for hydroxylation is 1. The zero-order valence-corrected chi connectivity index (χ0v) is 11.9. The SMILES string of the molecule is CON1c2cccc3c2N(C(c2ccccc2)CC3)C1O. The number of hydrogen-bond acceptors (Lipinski definition) is 4. The molecule has 4 nitrogen and oxygen atoms in total. The van der Waals surface area contributed by atoms with E-state index in [0.29, 0.717) is 0 Å². The summed E-state index contributed by atoms with van der Waals surface area (Å²) in [5, 5.41) is 12.3. The molecule has 2 aromatic rings. The Balaban J connectivity index is 1.85. The van der Waals surface area contributed by atoms with E-state index in [-0.39, 0.29) is 6.04 Å². The van der Waals surface area contributed by atoms with Crippen LogP contribution in [0.1, 0.15) is 23.6 Å². The Morgan fingerprint density at radius 2 is 1.90 bits per heavy atom. The van der Waals surface area contributed by atoms with Gasteiger partial charge in [-0.3, -0.25) is 4.84 Å². The molecular weight excluding hydrogens is 264 g/mol. The highest BCUT2D eigenvalue weighted by molar-refractivity contribution is 5.80. The van der Waals surface area contributed by atoms with Crippen molar-refractivity contribution >= 4 is 11.4 Å². The van der Waals surface area contributed by atoms with Gasteiger partial charge in [0.1, 0.15) is 0 Å². The molecule has 108 valence electrons. The van der Waals surface area contributed by atoms with Crippen LogP contribution < -0.4 is 9.96 Å². The van der Waals surface area contributed by atoms with E-state index < -0.39 is 6.35 Å². The van der Waals surface area contributed by atoms with E-state index in [9.17, 15) is 5.11 Å². The molecule has 2 aromatic carbocycles. The predicted molar refractivity (Wildman–Crippen MR) is 81.9 cm³/mol. The van der Waals surface area contributed by atoms with Gasteiger partial charge in [-0.1, -0.05) is 42.5 Å². The molecule has 0 aromatic heterocycles. The Hall–Kier alpha value is -2.04. The molecule has 0 spiro atoms. The largest absolute Gasteiger partial charge is 0.355 e. The first-order valence-electron chi connectivity index (χ1n) is 7.28. The lowest BCUT2D eigenvalue weighted by Crippen LogP contribution is -2.45. The van der Waals surface area contributed by atoms with E-state index in [1.165, 1.54) is 11.1 Å². The number of hydroxylamine groups is 1. The fourth-order valence-electron chi connectivity index (χ4n) is 3.55. The second-order valence-corrected chi connectivity index (χ2v) is 5.51. The second kappa shape index (κ2) is 4.76. The summed E-state index contributed by atoms with van der Waals surface area (Å²) >= 11 is 0. The third-order valence-electron chi connectivity index (χ3n) is 4.46. The Morgan fingerprint density at radius 3 is 2.67 bits per heavy atom. The second-order valence-electron chi connectivity index (χ2n) is 5.51. The number of aliphatic hydroxyl groups excluding tert-OH is 1. The Bertz CT molecular complexity index is 659. The average Bonchev–Trinajstić information content (AvgIpc) is 2.83. The fraction of sp³-hybridized carbons (Fsp3) is 0.294. The van der Waals surface area contributed by atoms with E-state index in [1.807, 2.05) is 30.3 Å². The lowest BCUT2D eigenvalue weighted by Gasteiger charge is -2.37. The van der Waals surface area contributed by atoms with Crippen molar-refractivity contribution in [3.8, 4) is 0 Å². The van der Waals surface area contributed by atoms with Gasteiger partial charge in [-0.15, -0.1) is 0 Å². The van der Waals surface area contributed by atoms with Crippen molar-refractivity contribution in [2.75, 3.05) is 17.1 Å². The van der Waals surface area contributed by atoms with Crippen LogP contribution in [-0.4, -0.2) is 18.6 Å². The number of hydrogen-bond donors (Lipinski definition) is 1. The Kier molecular flexibility index (Phi) is 2.87. The van der Waals surface area contributed by atoms with Crippen molar-refractivity contribution in [2.24, 2.45) is 0 Å². The highest BCUT2D eigenvalue weighted by Gasteiger charge is 2.43. The van der Waals surface area contributed by atoms with Crippen LogP contribution in [0, 0.1) is 0 Å². The number of rotatable bonds is 2. The molecule has 2 heterocycles. The molecule has 2 aliphatic heterocycles. The molecule has 0 saturated carbocycles. The first-order chi connectivity index (χ1) is 10.3. The van der Waals surface area contributed by atoms with E-state index in [4.69, 9.17) is 4.84 Å². The molecule has 0 amide bonds. The van der Waals surface area contributed by atoms with Crippen LogP contribution in [0.15, 0.2) is 48.5 Å². The maximum atomic E-state index is 10.7. The highest BCUT2D eigenvalue weighted by Crippen LogP contribution is 2.50. The number of aliphatic hydroxyl groups is 1. The molecule has 21 heavy (non-hydrogen) atoms. The zero-order valence-electron chi connectivity index (χ0n) is 11.9. The summed E-state index contributed by atoms with van der Waals surface area (Å²) in [5.74, 6) is 0. The van der Waals surface area contributed by atoms with Crippen molar-refractivity contribution in [1.82, 2.24) is 0 Å². The minimum absolute atomic E-state index is 0.176. The van der Waals surface area contributed by atoms with Crippen LogP contribution >= 0.6 is 0 Å². The van der Waals surface area contributed by atoms with Crippen molar-refractivity contribution in [3.05, 3.63) is 59.7 Å². The smallest absolute Gasteiger partial charge is 0.231 e. The van der Waals surface area contributed by atoms with Gasteiger partial charge in [0.15, 0.2) is 0 Å². The van der Waals surface area contributed by atoms with Crippen LogP contribution in [0.3, 0.4) is 0 Å². The van der Waals surface area contributed by atoms with Crippen molar-refractivity contribution in [3.63, 3.8) is 0 Å². The van der Waals surface area contributed by atoms with Gasteiger partial charge in [-0.25, -0.2) is 5.06 Å². The normalized spacial score (nSPS) is 23.3. The van der Waals surface area contributed by atoms with Gasteiger partial charge in [0.25, 0.3) is 0 Å². The summed E-state index contributed by atoms with van der Waals surface area (Å²) in [6, 6.07) is 16.7. The first kappa shape index (κ1) is 12.7. The van der Waals surface area contributed by atoms with E-state index >= 15 is 0 Å². The van der Waals surface area contributed by atoms with E-state index in [2.05, 4.69) is 23.1 Å². The van der Waals surface area contributed by atoms with Crippen molar-refractivity contribution in [2.45, 2.75) is 25.2 Å². The summed E-state index contributed by atoms with van der Waals surface area (Å²) in [5.41, 5.74) is 4.56. The number of benzene rings is 2. The van der Waals surface area contributed by atoms with Gasteiger partial charge < -0.3 is 10.0 Å². The summed E-state index contributed by atoms with van der Waals surface area (Å²) in [7, 11) is 1.60. The molecule has 0 aliphatic carbocycles. The minimum Gasteiger partial charge on any atom is -0.355 e. The summed E-state index contributed by atoms with van der Waals surface area (Å²) in [6.07, 6.45) is 1.23. The lowest BCUT2D eigenvalue weighted by atomic mass is 9.92. The van der Waals surface area contributed by atoms with Gasteiger partial charge in [0.05, 0.1) is 24.5 Å². The van der Waals surface area contributed by atoms with Crippen LogP contribution in [-0.2, 0) is 11.3 Å². The topological polar surface area (TPSA) is 35.9 Å². The van der Waals surface area contributed by atoms with E-state index in [0.717, 1.165) is 24.2 Å². The molecule has 2 atom stereocenters. The van der Waals surface area contributed by atoms with Crippen molar-refractivity contribution < 1.29 is 9.94 Å². The summed E-state index contributed by atoms with van der Waals surface area (Å²) in [6.45, 7) is 0. The molecule has 4 rings (SSSR count). The molecule has 0 bridgehead atoms. The summed E-state index contributed by atoms with van der Waals surface area (Å²) < 4.78 is 0. The van der Waals surface area contributed by atoms with E-state index in [1.54, 1.807) is 12.2 Å². The number of anilines is 2. The molecule has 2 unspecified atom stereocenters. The molecule has 0 radical (unpaired) electrons. The zero-order chi connectivity index (χ0) is 14.4. The minimum atomic E-state index is -0.781. The maximum Gasteiger partial charge on any atom is 0.231 e. The number of nitrogens with zero attached hydrogens (tertiary/aromatic N) is 2. The third kappa shape index (κ3) is 1.76. The van der Waals surface area contributed by atoms with Gasteiger partial charge in [0.2, 0.25) is 6.35 Å². The molecular formula is C17H18N2O2. The standard InChI is InChI=1S/C17H18N2O2/c1-21-19-15-9-5-8-13-10-11-14(12-6-3-2-4-7-12)18(16(13)15)17(19)20/h2-9,14,17,20H,10-11H2,1H3. The molecule has 0 fully saturated rings. The molecule has 4 heteroatoms. The summed E-state index contributed by atoms with van der Waals surface area (Å²) in [4.78, 5) is 7.47. The van der Waals surface area contributed by atoms with Crippen LogP contribution in [0.2, 0.25) is 0 Å². The van der Waals surface area contributed by atoms with Gasteiger partial charge in [0, 0.05) is 0 Å². The highest BCUT2D eigenvalue weighted by atomic mass is 16.7.